The number of ether oxygens (including phenoxy) is 1. The number of carbonyl (C=O) groups excluding carboxylic acids is 2. The maximum atomic E-state index is 12.7. The summed E-state index contributed by atoms with van der Waals surface area (Å²) < 4.78 is 6.48. The standard InChI is InChI=1S/C23H15ClN2O3S/c24-20-17-11-5-7-13-19(17)30-21(20)23(28)29-18-12-6-4-10-16(18)14-25-26-22(27)15-8-2-1-3-9-15/h1-14H,(H,26,27). The number of rotatable bonds is 5. The van der Waals surface area contributed by atoms with Crippen LogP contribution in [0.1, 0.15) is 25.6 Å². The molecule has 0 spiro atoms. The van der Waals surface area contributed by atoms with Crippen molar-refractivity contribution in [3.8, 4) is 5.75 Å². The third kappa shape index (κ3) is 4.25. The van der Waals surface area contributed by atoms with E-state index < -0.39 is 5.97 Å². The van der Waals surface area contributed by atoms with Crippen LogP contribution in [0.2, 0.25) is 5.02 Å². The summed E-state index contributed by atoms with van der Waals surface area (Å²) in [6.45, 7) is 0. The topological polar surface area (TPSA) is 67.8 Å². The Kier molecular flexibility index (Phi) is 5.88. The van der Waals surface area contributed by atoms with Crippen LogP contribution in [-0.4, -0.2) is 18.1 Å². The highest BCUT2D eigenvalue weighted by atomic mass is 35.5. The fourth-order valence-electron chi connectivity index (χ4n) is 2.79. The fraction of sp³-hybridized carbons (Fsp3) is 0. The molecule has 0 bridgehead atoms. The van der Waals surface area contributed by atoms with E-state index in [1.165, 1.54) is 17.6 Å². The van der Waals surface area contributed by atoms with E-state index in [-0.39, 0.29) is 5.91 Å². The number of halogens is 1. The molecule has 0 aliphatic rings. The summed E-state index contributed by atoms with van der Waals surface area (Å²) in [5.74, 6) is -0.567. The Balaban J connectivity index is 1.51. The Morgan fingerprint density at radius 1 is 0.933 bits per heavy atom. The lowest BCUT2D eigenvalue weighted by molar-refractivity contribution is 0.0739. The minimum Gasteiger partial charge on any atom is -0.422 e. The summed E-state index contributed by atoms with van der Waals surface area (Å²) >= 11 is 7.65. The van der Waals surface area contributed by atoms with Crippen molar-refractivity contribution in [2.75, 3.05) is 0 Å². The van der Waals surface area contributed by atoms with Crippen LogP contribution in [0.25, 0.3) is 10.1 Å². The van der Waals surface area contributed by atoms with Crippen molar-refractivity contribution in [2.24, 2.45) is 5.10 Å². The third-order valence-corrected chi connectivity index (χ3v) is 5.90. The first-order valence-corrected chi connectivity index (χ1v) is 10.2. The van der Waals surface area contributed by atoms with E-state index in [9.17, 15) is 9.59 Å². The number of nitrogens with one attached hydrogen (secondary N) is 1. The van der Waals surface area contributed by atoms with Crippen LogP contribution in [0.3, 0.4) is 0 Å². The third-order valence-electron chi connectivity index (χ3n) is 4.25. The number of hydrogen-bond acceptors (Lipinski definition) is 5. The summed E-state index contributed by atoms with van der Waals surface area (Å²) in [7, 11) is 0. The van der Waals surface area contributed by atoms with Crippen molar-refractivity contribution in [3.05, 3.63) is 99.9 Å². The average Bonchev–Trinajstić information content (AvgIpc) is 3.12. The molecule has 0 radical (unpaired) electrons. The number of carbonyl (C=O) groups is 2. The number of amides is 1. The second kappa shape index (κ2) is 8.90. The highest BCUT2D eigenvalue weighted by Crippen LogP contribution is 2.35. The lowest BCUT2D eigenvalue weighted by atomic mass is 10.2. The molecule has 0 fully saturated rings. The van der Waals surface area contributed by atoms with Gasteiger partial charge in [-0.3, -0.25) is 4.79 Å². The zero-order valence-electron chi connectivity index (χ0n) is 15.5. The molecule has 0 atom stereocenters. The van der Waals surface area contributed by atoms with Gasteiger partial charge in [-0.2, -0.15) is 5.10 Å². The first kappa shape index (κ1) is 19.8. The van der Waals surface area contributed by atoms with Crippen molar-refractivity contribution in [1.29, 1.82) is 0 Å². The van der Waals surface area contributed by atoms with Gasteiger partial charge in [0.1, 0.15) is 10.6 Å². The molecule has 1 heterocycles. The van der Waals surface area contributed by atoms with Gasteiger partial charge in [0.2, 0.25) is 0 Å². The van der Waals surface area contributed by atoms with E-state index in [0.29, 0.717) is 26.8 Å². The number of benzene rings is 3. The molecule has 7 heteroatoms. The number of thiophene rings is 1. The summed E-state index contributed by atoms with van der Waals surface area (Å²) in [6.07, 6.45) is 1.43. The van der Waals surface area contributed by atoms with E-state index in [4.69, 9.17) is 16.3 Å². The van der Waals surface area contributed by atoms with Crippen LogP contribution in [-0.2, 0) is 0 Å². The summed E-state index contributed by atoms with van der Waals surface area (Å²) in [5, 5.41) is 5.16. The van der Waals surface area contributed by atoms with Gasteiger partial charge in [-0.05, 0) is 30.3 Å². The summed E-state index contributed by atoms with van der Waals surface area (Å²) in [6, 6.07) is 23.2. The Hall–Kier alpha value is -3.48. The van der Waals surface area contributed by atoms with Crippen LogP contribution >= 0.6 is 22.9 Å². The fourth-order valence-corrected chi connectivity index (χ4v) is 4.17. The van der Waals surface area contributed by atoms with Gasteiger partial charge in [0.15, 0.2) is 0 Å². The Morgan fingerprint density at radius 3 is 2.43 bits per heavy atom. The van der Waals surface area contributed by atoms with Crippen molar-refractivity contribution < 1.29 is 14.3 Å². The van der Waals surface area contributed by atoms with Crippen LogP contribution in [0.15, 0.2) is 84.0 Å². The Bertz CT molecular complexity index is 1250. The predicted molar refractivity (Wildman–Crippen MR) is 120 cm³/mol. The molecule has 5 nitrogen and oxygen atoms in total. The van der Waals surface area contributed by atoms with Crippen LogP contribution < -0.4 is 10.2 Å². The van der Waals surface area contributed by atoms with Gasteiger partial charge < -0.3 is 4.74 Å². The number of esters is 1. The lowest BCUT2D eigenvalue weighted by Crippen LogP contribution is -2.17. The molecule has 4 aromatic rings. The highest BCUT2D eigenvalue weighted by Gasteiger charge is 2.19. The molecular weight excluding hydrogens is 420 g/mol. The zero-order chi connectivity index (χ0) is 20.9. The minimum absolute atomic E-state index is 0.314. The molecule has 4 rings (SSSR count). The number of hydrazone groups is 1. The molecule has 148 valence electrons. The molecule has 0 aliphatic heterocycles. The molecule has 30 heavy (non-hydrogen) atoms. The molecule has 3 aromatic carbocycles. The average molecular weight is 435 g/mol. The molecule has 0 aliphatic carbocycles. The Labute approximate surface area is 181 Å². The monoisotopic (exact) mass is 434 g/mol. The second-order valence-corrected chi connectivity index (χ2v) is 7.66. The van der Waals surface area contributed by atoms with Crippen molar-refractivity contribution in [1.82, 2.24) is 5.43 Å². The van der Waals surface area contributed by atoms with Crippen LogP contribution in [0, 0.1) is 0 Å². The summed E-state index contributed by atoms with van der Waals surface area (Å²) in [5.41, 5.74) is 3.49. The predicted octanol–water partition coefficient (Wildman–Crippen LogP) is 5.54. The maximum Gasteiger partial charge on any atom is 0.355 e. The minimum atomic E-state index is -0.546. The van der Waals surface area contributed by atoms with E-state index in [1.807, 2.05) is 30.3 Å². The molecule has 0 saturated heterocycles. The van der Waals surface area contributed by atoms with Gasteiger partial charge in [-0.25, -0.2) is 10.2 Å². The van der Waals surface area contributed by atoms with E-state index in [2.05, 4.69) is 10.5 Å². The maximum absolute atomic E-state index is 12.7. The van der Waals surface area contributed by atoms with Crippen molar-refractivity contribution >= 4 is 51.1 Å². The first-order valence-electron chi connectivity index (χ1n) is 9.00. The lowest BCUT2D eigenvalue weighted by Gasteiger charge is -2.06. The van der Waals surface area contributed by atoms with Gasteiger partial charge in [0, 0.05) is 21.2 Å². The highest BCUT2D eigenvalue weighted by molar-refractivity contribution is 7.21. The Morgan fingerprint density at radius 2 is 1.63 bits per heavy atom. The zero-order valence-corrected chi connectivity index (χ0v) is 17.1. The number of fused-ring (bicyclic) bond motifs is 1. The smallest absolute Gasteiger partial charge is 0.355 e. The number of hydrogen-bond donors (Lipinski definition) is 1. The molecule has 1 aromatic heterocycles. The molecular formula is C23H15ClN2O3S. The van der Waals surface area contributed by atoms with E-state index >= 15 is 0 Å². The number of para-hydroxylation sites is 1. The number of nitrogens with zero attached hydrogens (tertiary/aromatic N) is 1. The SMILES string of the molecule is O=C(NN=Cc1ccccc1OC(=O)c1sc2ccccc2c1Cl)c1ccccc1. The van der Waals surface area contributed by atoms with Crippen LogP contribution in [0.5, 0.6) is 5.75 Å². The normalized spacial score (nSPS) is 11.0. The summed E-state index contributed by atoms with van der Waals surface area (Å²) in [4.78, 5) is 25.1. The van der Waals surface area contributed by atoms with Gasteiger partial charge in [0.25, 0.3) is 5.91 Å². The van der Waals surface area contributed by atoms with E-state index in [0.717, 1.165) is 10.1 Å². The molecule has 1 amide bonds. The molecule has 1 N–H and O–H groups in total. The van der Waals surface area contributed by atoms with Crippen molar-refractivity contribution in [2.45, 2.75) is 0 Å². The van der Waals surface area contributed by atoms with Crippen LogP contribution in [0.4, 0.5) is 0 Å². The largest absolute Gasteiger partial charge is 0.422 e. The first-order chi connectivity index (χ1) is 14.6. The van der Waals surface area contributed by atoms with E-state index in [1.54, 1.807) is 48.5 Å². The van der Waals surface area contributed by atoms with Gasteiger partial charge in [-0.1, -0.05) is 60.1 Å². The van der Waals surface area contributed by atoms with Gasteiger partial charge in [0.05, 0.1) is 11.2 Å². The van der Waals surface area contributed by atoms with Crippen molar-refractivity contribution in [3.63, 3.8) is 0 Å². The molecule has 0 unspecified atom stereocenters. The second-order valence-electron chi connectivity index (χ2n) is 6.23. The van der Waals surface area contributed by atoms with Gasteiger partial charge >= 0.3 is 5.97 Å². The quantitative estimate of drug-likeness (QED) is 0.194. The molecule has 0 saturated carbocycles. The van der Waals surface area contributed by atoms with Gasteiger partial charge in [-0.15, -0.1) is 11.3 Å².